The fourth-order valence-electron chi connectivity index (χ4n) is 0.983. The zero-order chi connectivity index (χ0) is 13.4. The van der Waals surface area contributed by atoms with Crippen molar-refractivity contribution in [2.75, 3.05) is 6.54 Å². The Morgan fingerprint density at radius 3 is 2.18 bits per heavy atom. The third kappa shape index (κ3) is 7.59. The van der Waals surface area contributed by atoms with Gasteiger partial charge in [0.1, 0.15) is 6.04 Å². The van der Waals surface area contributed by atoms with Crippen LogP contribution in [-0.2, 0) is 14.4 Å². The number of carbonyl (C=O) groups excluding carboxylic acids is 2. The van der Waals surface area contributed by atoms with Gasteiger partial charge in [-0.1, -0.05) is 0 Å². The molecule has 1 unspecified atom stereocenters. The molecule has 0 aromatic heterocycles. The Labute approximate surface area is 96.0 Å². The molecule has 0 aliphatic carbocycles. The van der Waals surface area contributed by atoms with Crippen LogP contribution in [0.3, 0.4) is 0 Å². The molecule has 0 bridgehead atoms. The lowest BCUT2D eigenvalue weighted by molar-refractivity contribution is -0.137. The molecule has 9 heteroatoms. The van der Waals surface area contributed by atoms with Gasteiger partial charge >= 0.3 is 12.1 Å². The van der Waals surface area contributed by atoms with E-state index in [1.165, 1.54) is 0 Å². The molecule has 1 atom stereocenters. The molecule has 9 nitrogen and oxygen atoms in total. The van der Waals surface area contributed by atoms with Gasteiger partial charge in [-0.15, -0.1) is 0 Å². The van der Waals surface area contributed by atoms with Crippen molar-refractivity contribution in [3.8, 4) is 0 Å². The monoisotopic (exact) mass is 247 g/mol. The van der Waals surface area contributed by atoms with Crippen molar-refractivity contribution in [1.29, 1.82) is 0 Å². The van der Waals surface area contributed by atoms with Crippen LogP contribution in [-0.4, -0.2) is 46.7 Å². The van der Waals surface area contributed by atoms with Crippen molar-refractivity contribution in [1.82, 2.24) is 10.6 Å². The minimum absolute atomic E-state index is 0.216. The molecule has 0 heterocycles. The Hall–Kier alpha value is -2.32. The lowest BCUT2D eigenvalue weighted by Gasteiger charge is -2.15. The first-order valence-corrected chi connectivity index (χ1v) is 4.60. The predicted molar refractivity (Wildman–Crippen MR) is 54.0 cm³/mol. The molecule has 0 saturated carbocycles. The number of nitrogens with one attached hydrogen (secondary N) is 2. The molecule has 0 saturated heterocycles. The standard InChI is InChI=1S/C8H13N3O6/c9-5(12)3-10-7(15)4(11-8(16)17)1-2-6(13)14/h4,11H,1-3H2,(H2,9,12)(H,10,15)(H,13,14)(H,16,17). The first-order valence-electron chi connectivity index (χ1n) is 4.60. The lowest BCUT2D eigenvalue weighted by atomic mass is 10.1. The van der Waals surface area contributed by atoms with E-state index in [-0.39, 0.29) is 12.8 Å². The maximum Gasteiger partial charge on any atom is 0.405 e. The van der Waals surface area contributed by atoms with Crippen LogP contribution < -0.4 is 16.4 Å². The second-order valence-corrected chi connectivity index (χ2v) is 3.12. The van der Waals surface area contributed by atoms with E-state index in [2.05, 4.69) is 5.32 Å². The second-order valence-electron chi connectivity index (χ2n) is 3.12. The summed E-state index contributed by atoms with van der Waals surface area (Å²) in [7, 11) is 0. The highest BCUT2D eigenvalue weighted by Crippen LogP contribution is 1.98. The van der Waals surface area contributed by atoms with Gasteiger partial charge in [0.25, 0.3) is 0 Å². The highest BCUT2D eigenvalue weighted by atomic mass is 16.4. The molecule has 96 valence electrons. The molecule has 0 rings (SSSR count). The summed E-state index contributed by atoms with van der Waals surface area (Å²) in [6, 6.07) is -1.23. The van der Waals surface area contributed by atoms with Gasteiger partial charge in [0.15, 0.2) is 0 Å². The van der Waals surface area contributed by atoms with Gasteiger partial charge in [0, 0.05) is 6.42 Å². The quantitative estimate of drug-likeness (QED) is 0.353. The molecule has 6 N–H and O–H groups in total. The summed E-state index contributed by atoms with van der Waals surface area (Å²) < 4.78 is 0. The number of amides is 3. The molecule has 3 amide bonds. The third-order valence-corrected chi connectivity index (χ3v) is 1.70. The van der Waals surface area contributed by atoms with Crippen LogP contribution in [0.15, 0.2) is 0 Å². The number of nitrogens with two attached hydrogens (primary N) is 1. The number of rotatable bonds is 7. The molecule has 0 aliphatic rings. The predicted octanol–water partition coefficient (Wildman–Crippen LogP) is -1.91. The van der Waals surface area contributed by atoms with Gasteiger partial charge in [-0.2, -0.15) is 0 Å². The van der Waals surface area contributed by atoms with Crippen LogP contribution in [0, 0.1) is 0 Å². The van der Waals surface area contributed by atoms with E-state index in [4.69, 9.17) is 15.9 Å². The van der Waals surface area contributed by atoms with E-state index in [0.717, 1.165) is 0 Å². The second kappa shape index (κ2) is 7.04. The Balaban J connectivity index is 4.33. The highest BCUT2D eigenvalue weighted by Gasteiger charge is 2.21. The normalized spacial score (nSPS) is 11.3. The fraction of sp³-hybridized carbons (Fsp3) is 0.500. The van der Waals surface area contributed by atoms with Crippen molar-refractivity contribution in [3.63, 3.8) is 0 Å². The van der Waals surface area contributed by atoms with Crippen molar-refractivity contribution in [2.45, 2.75) is 18.9 Å². The van der Waals surface area contributed by atoms with E-state index < -0.39 is 36.5 Å². The molecule has 0 spiro atoms. The van der Waals surface area contributed by atoms with Crippen molar-refractivity contribution in [2.24, 2.45) is 5.73 Å². The Morgan fingerprint density at radius 1 is 1.18 bits per heavy atom. The van der Waals surface area contributed by atoms with E-state index in [9.17, 15) is 19.2 Å². The molecular formula is C8H13N3O6. The molecule has 0 fully saturated rings. The first kappa shape index (κ1) is 14.7. The lowest BCUT2D eigenvalue weighted by Crippen LogP contribution is -2.48. The zero-order valence-corrected chi connectivity index (χ0v) is 8.80. The van der Waals surface area contributed by atoms with Gasteiger partial charge in [0.05, 0.1) is 6.54 Å². The number of aliphatic carboxylic acids is 1. The maximum absolute atomic E-state index is 11.4. The van der Waals surface area contributed by atoms with Crippen LogP contribution >= 0.6 is 0 Å². The molecular weight excluding hydrogens is 234 g/mol. The average molecular weight is 247 g/mol. The molecule has 0 aliphatic heterocycles. The number of hydrogen-bond donors (Lipinski definition) is 5. The minimum atomic E-state index is -1.46. The Bertz CT molecular complexity index is 329. The largest absolute Gasteiger partial charge is 0.481 e. The summed E-state index contributed by atoms with van der Waals surface area (Å²) >= 11 is 0. The summed E-state index contributed by atoms with van der Waals surface area (Å²) in [4.78, 5) is 42.4. The average Bonchev–Trinajstić information content (AvgIpc) is 2.19. The number of carbonyl (C=O) groups is 4. The Kier molecular flexibility index (Phi) is 6.08. The molecule has 0 aromatic rings. The van der Waals surface area contributed by atoms with Gasteiger partial charge in [0.2, 0.25) is 11.8 Å². The Morgan fingerprint density at radius 2 is 1.76 bits per heavy atom. The fourth-order valence-corrected chi connectivity index (χ4v) is 0.983. The van der Waals surface area contributed by atoms with Crippen LogP contribution in [0.1, 0.15) is 12.8 Å². The van der Waals surface area contributed by atoms with Crippen LogP contribution in [0.4, 0.5) is 4.79 Å². The summed E-state index contributed by atoms with van der Waals surface area (Å²) in [6.45, 7) is -0.441. The number of carboxylic acids is 1. The summed E-state index contributed by atoms with van der Waals surface area (Å²) in [5.74, 6) is -2.75. The molecule has 0 aromatic carbocycles. The summed E-state index contributed by atoms with van der Waals surface area (Å²) in [6.07, 6.45) is -2.06. The number of hydrogen-bond acceptors (Lipinski definition) is 4. The van der Waals surface area contributed by atoms with Crippen molar-refractivity contribution >= 4 is 23.9 Å². The van der Waals surface area contributed by atoms with Gasteiger partial charge < -0.3 is 26.6 Å². The van der Waals surface area contributed by atoms with E-state index in [1.54, 1.807) is 0 Å². The zero-order valence-electron chi connectivity index (χ0n) is 8.80. The van der Waals surface area contributed by atoms with Crippen LogP contribution in [0.2, 0.25) is 0 Å². The van der Waals surface area contributed by atoms with Gasteiger partial charge in [-0.3, -0.25) is 14.4 Å². The number of carboxylic acid groups (broad SMARTS) is 2. The summed E-state index contributed by atoms with van der Waals surface area (Å²) in [5.41, 5.74) is 4.78. The molecule has 0 radical (unpaired) electrons. The van der Waals surface area contributed by atoms with E-state index >= 15 is 0 Å². The number of primary amides is 1. The van der Waals surface area contributed by atoms with Crippen molar-refractivity contribution < 1.29 is 29.4 Å². The van der Waals surface area contributed by atoms with E-state index in [0.29, 0.717) is 0 Å². The van der Waals surface area contributed by atoms with Gasteiger partial charge in [-0.25, -0.2) is 4.79 Å². The van der Waals surface area contributed by atoms with Crippen molar-refractivity contribution in [3.05, 3.63) is 0 Å². The molecule has 17 heavy (non-hydrogen) atoms. The smallest absolute Gasteiger partial charge is 0.405 e. The topological polar surface area (TPSA) is 159 Å². The highest BCUT2D eigenvalue weighted by molar-refractivity contribution is 5.89. The first-order chi connectivity index (χ1) is 7.82. The minimum Gasteiger partial charge on any atom is -0.481 e. The van der Waals surface area contributed by atoms with Crippen LogP contribution in [0.5, 0.6) is 0 Å². The van der Waals surface area contributed by atoms with E-state index in [1.807, 2.05) is 5.32 Å². The van der Waals surface area contributed by atoms with Crippen LogP contribution in [0.25, 0.3) is 0 Å². The van der Waals surface area contributed by atoms with Gasteiger partial charge in [-0.05, 0) is 6.42 Å². The summed E-state index contributed by atoms with van der Waals surface area (Å²) in [5, 5.41) is 20.8. The third-order valence-electron chi connectivity index (χ3n) is 1.70. The maximum atomic E-state index is 11.4. The SMILES string of the molecule is NC(=O)CNC(=O)C(CCC(=O)O)NC(=O)O.